The Morgan fingerprint density at radius 1 is 1.42 bits per heavy atom. The molecular weight excluding hydrogens is 154 g/mol. The van der Waals surface area contributed by atoms with E-state index in [-0.39, 0.29) is 0 Å². The highest BCUT2D eigenvalue weighted by Gasteiger charge is 1.88. The van der Waals surface area contributed by atoms with Gasteiger partial charge in [0.15, 0.2) is 0 Å². The summed E-state index contributed by atoms with van der Waals surface area (Å²) in [5.41, 5.74) is 0.777. The van der Waals surface area contributed by atoms with Crippen molar-refractivity contribution in [1.82, 2.24) is 0 Å². The van der Waals surface area contributed by atoms with E-state index in [1.807, 2.05) is 30.3 Å². The van der Waals surface area contributed by atoms with Gasteiger partial charge in [-0.15, -0.1) is 0 Å². The van der Waals surface area contributed by atoms with Crippen LogP contribution in [0, 0.1) is 0 Å². The Hall–Kier alpha value is -1.64. The van der Waals surface area contributed by atoms with Gasteiger partial charge in [-0.1, -0.05) is 35.5 Å². The summed E-state index contributed by atoms with van der Waals surface area (Å²) in [5.74, 6) is -0.446. The lowest BCUT2D eigenvalue weighted by Gasteiger charge is -1.89. The van der Waals surface area contributed by atoms with Crippen molar-refractivity contribution < 1.29 is 9.63 Å². The van der Waals surface area contributed by atoms with Gasteiger partial charge in [-0.3, -0.25) is 0 Å². The molecule has 0 aliphatic heterocycles. The summed E-state index contributed by atoms with van der Waals surface area (Å²) in [6.45, 7) is 1.29. The summed E-state index contributed by atoms with van der Waals surface area (Å²) in [6.07, 6.45) is 2.56. The van der Waals surface area contributed by atoms with Crippen molar-refractivity contribution in [1.29, 1.82) is 0 Å². The van der Waals surface area contributed by atoms with E-state index in [1.165, 1.54) is 6.92 Å². The third-order valence-corrected chi connectivity index (χ3v) is 1.12. The molecule has 1 aromatic rings. The minimum Gasteiger partial charge on any atom is -0.318 e. The van der Waals surface area contributed by atoms with Crippen LogP contribution in [-0.4, -0.2) is 12.2 Å². The first kappa shape index (κ1) is 8.46. The van der Waals surface area contributed by atoms with Crippen LogP contribution >= 0.6 is 0 Å². The molecule has 0 heterocycles. The quantitative estimate of drug-likeness (QED) is 0.375. The van der Waals surface area contributed by atoms with E-state index in [0.29, 0.717) is 0 Å². The molecule has 0 aromatic heterocycles. The second kappa shape index (κ2) is 4.28. The Balaban J connectivity index is 2.52. The first-order valence-electron chi connectivity index (χ1n) is 3.48. The summed E-state index contributed by atoms with van der Waals surface area (Å²) in [6, 6.07) is 9.22. The number of nitrogens with zero attached hydrogens (tertiary/aromatic N) is 1. The van der Waals surface area contributed by atoms with Gasteiger partial charge in [-0.25, -0.2) is 4.79 Å². The minimum absolute atomic E-state index is 0.446. The highest BCUT2D eigenvalue weighted by atomic mass is 16.7. The molecule has 1 aromatic carbocycles. The van der Waals surface area contributed by atoms with Gasteiger partial charge >= 0.3 is 5.97 Å². The second-order valence-electron chi connectivity index (χ2n) is 2.15. The zero-order chi connectivity index (χ0) is 8.81. The smallest absolute Gasteiger partial charge is 0.318 e. The van der Waals surface area contributed by atoms with Crippen molar-refractivity contribution >= 4 is 12.2 Å². The zero-order valence-corrected chi connectivity index (χ0v) is 6.65. The predicted octanol–water partition coefficient (Wildman–Crippen LogP) is 1.46. The van der Waals surface area contributed by atoms with E-state index in [4.69, 9.17) is 0 Å². The topological polar surface area (TPSA) is 38.7 Å². The average Bonchev–Trinajstić information content (AvgIpc) is 2.05. The molecule has 0 amide bonds. The van der Waals surface area contributed by atoms with Gasteiger partial charge in [-0.2, -0.15) is 0 Å². The van der Waals surface area contributed by atoms with Gasteiger partial charge in [0.1, 0.15) is 6.21 Å². The normalized spacial score (nSPS) is 10.1. The highest BCUT2D eigenvalue weighted by Crippen LogP contribution is 1.93. The van der Waals surface area contributed by atoms with Crippen molar-refractivity contribution in [3.05, 3.63) is 35.9 Å². The molecule has 3 heteroatoms. The summed E-state index contributed by atoms with van der Waals surface area (Å²) in [5, 5.41) is 3.34. The van der Waals surface area contributed by atoms with Crippen LogP contribution in [0.4, 0.5) is 0 Å². The van der Waals surface area contributed by atoms with E-state index < -0.39 is 5.97 Å². The fourth-order valence-corrected chi connectivity index (χ4v) is 0.652. The van der Waals surface area contributed by atoms with E-state index >= 15 is 0 Å². The number of carbonyl (C=O) groups excluding carboxylic acids is 1. The van der Waals surface area contributed by atoms with Gasteiger partial charge in [0.05, 0.1) is 0 Å². The first-order valence-corrected chi connectivity index (χ1v) is 3.48. The fourth-order valence-electron chi connectivity index (χ4n) is 0.652. The molecule has 0 atom stereocenters. The summed E-state index contributed by atoms with van der Waals surface area (Å²) in [7, 11) is 0. The maximum atomic E-state index is 10.3. The van der Waals surface area contributed by atoms with Crippen molar-refractivity contribution in [2.45, 2.75) is 6.92 Å². The van der Waals surface area contributed by atoms with Crippen LogP contribution in [0.2, 0.25) is 0 Å². The molecule has 0 unspecified atom stereocenters. The van der Waals surface area contributed by atoms with E-state index in [1.54, 1.807) is 0 Å². The molecule has 0 fully saturated rings. The van der Waals surface area contributed by atoms with E-state index in [2.05, 4.69) is 16.2 Å². The number of hydrogen-bond donors (Lipinski definition) is 0. The Labute approximate surface area is 70.7 Å². The third kappa shape index (κ3) is 2.96. The molecule has 0 spiro atoms. The van der Waals surface area contributed by atoms with Crippen LogP contribution in [0.25, 0.3) is 0 Å². The first-order chi connectivity index (χ1) is 5.79. The number of carbonyl (C=O) groups is 1. The Kier molecular flexibility index (Phi) is 3.02. The van der Waals surface area contributed by atoms with Gasteiger partial charge in [0.25, 0.3) is 0 Å². The summed E-state index contributed by atoms with van der Waals surface area (Å²) in [4.78, 5) is 14.6. The van der Waals surface area contributed by atoms with Crippen LogP contribution in [-0.2, 0) is 9.63 Å². The second-order valence-corrected chi connectivity index (χ2v) is 2.15. The molecule has 0 saturated carbocycles. The highest BCUT2D eigenvalue weighted by molar-refractivity contribution is 5.79. The summed E-state index contributed by atoms with van der Waals surface area (Å²) >= 11 is 0. The molecule has 3 nitrogen and oxygen atoms in total. The maximum absolute atomic E-state index is 10.3. The molecule has 1 rings (SSSR count). The average molecular weight is 162 g/mol. The van der Waals surface area contributed by atoms with Crippen molar-refractivity contribution in [3.63, 3.8) is 0 Å². The van der Waals surface area contributed by atoms with E-state index in [9.17, 15) is 4.79 Å². The van der Waals surface area contributed by atoms with Gasteiger partial charge in [0, 0.05) is 12.5 Å². The van der Waals surface area contributed by atoms with Crippen LogP contribution in [0.15, 0.2) is 35.5 Å². The van der Waals surface area contributed by atoms with Crippen LogP contribution in [0.3, 0.4) is 0 Å². The molecule has 0 saturated heterocycles. The van der Waals surface area contributed by atoms with Gasteiger partial charge in [0.2, 0.25) is 0 Å². The maximum Gasteiger partial charge on any atom is 0.332 e. The largest absolute Gasteiger partial charge is 0.332 e. The zero-order valence-electron chi connectivity index (χ0n) is 6.65. The molecule has 0 bridgehead atoms. The minimum atomic E-state index is -0.446. The molecule has 61 valence electrons. The standard InChI is InChI=1S/C9H8NO2/c1-8(11)12-10-7-9-5-3-2-4-6-9/h2-6H,1H3. The summed E-state index contributed by atoms with van der Waals surface area (Å²) < 4.78 is 0. The van der Waals surface area contributed by atoms with Crippen LogP contribution in [0.1, 0.15) is 12.5 Å². The van der Waals surface area contributed by atoms with E-state index in [0.717, 1.165) is 5.56 Å². The van der Waals surface area contributed by atoms with Crippen molar-refractivity contribution in [2.24, 2.45) is 5.16 Å². The fraction of sp³-hybridized carbons (Fsp3) is 0.111. The van der Waals surface area contributed by atoms with Gasteiger partial charge < -0.3 is 4.84 Å². The predicted molar refractivity (Wildman–Crippen MR) is 44.7 cm³/mol. The number of rotatable bonds is 2. The monoisotopic (exact) mass is 162 g/mol. The Morgan fingerprint density at radius 3 is 2.67 bits per heavy atom. The lowest BCUT2D eigenvalue weighted by Crippen LogP contribution is -1.91. The van der Waals surface area contributed by atoms with Crippen molar-refractivity contribution in [3.8, 4) is 0 Å². The Bertz CT molecular complexity index is 280. The molecule has 1 radical (unpaired) electrons. The molecule has 0 N–H and O–H groups in total. The van der Waals surface area contributed by atoms with Crippen LogP contribution in [0.5, 0.6) is 0 Å². The van der Waals surface area contributed by atoms with Gasteiger partial charge in [-0.05, 0) is 0 Å². The van der Waals surface area contributed by atoms with Crippen LogP contribution < -0.4 is 0 Å². The third-order valence-electron chi connectivity index (χ3n) is 1.12. The Morgan fingerprint density at radius 2 is 2.08 bits per heavy atom. The lowest BCUT2D eigenvalue weighted by molar-refractivity contribution is -0.140. The molecule has 0 aliphatic rings. The SMILES string of the molecule is CC(=O)O/N=[C]/c1ccccc1. The molecule has 0 aliphatic carbocycles. The van der Waals surface area contributed by atoms with Crippen molar-refractivity contribution in [2.75, 3.05) is 0 Å². The number of hydrogen-bond acceptors (Lipinski definition) is 3. The molecular formula is C9H8NO2. The molecule has 12 heavy (non-hydrogen) atoms. The number of benzene rings is 1. The lowest BCUT2D eigenvalue weighted by atomic mass is 10.2.